The third-order valence-corrected chi connectivity index (χ3v) is 16.3. The number of likely N-dealkylation sites (N-methyl/N-ethyl adjacent to an activating group) is 1. The average Bonchev–Trinajstić information content (AvgIpc) is 3.64. The third-order valence-electron chi connectivity index (χ3n) is 16.3. The van der Waals surface area contributed by atoms with Crippen molar-refractivity contribution in [3.8, 4) is 0 Å². The largest absolute Gasteiger partial charge is 0.545 e. The number of esters is 2. The molecule has 89 heavy (non-hydrogen) atoms. The minimum absolute atomic E-state index is 0.146. The molecule has 0 spiro atoms. The number of hydrogen-bond acceptors (Lipinski definition) is 8. The van der Waals surface area contributed by atoms with Gasteiger partial charge in [0.15, 0.2) is 12.4 Å². The monoisotopic (exact) mass is 1240 g/mol. The zero-order valence-electron chi connectivity index (χ0n) is 58.8. The number of unbranched alkanes of at least 4 members (excludes halogenated alkanes) is 38. The molecule has 0 rings (SSSR count). The standard InChI is InChI=1S/C80H141NO8/c1-6-8-10-12-14-16-18-20-22-24-26-28-30-32-34-36-38-39-41-43-45-47-49-51-53-55-57-59-61-63-65-67-69-71-78(83)89-76(75-88-80(79(84)85)86-73-72-81(3,4)5)74-87-77(82)70-68-66-64-62-60-58-56-54-52-50-48-46-44-42-40-37-35-33-31-29-27-25-23-21-19-17-15-13-11-9-7-2/h8,10,14,16,19-22,25-28,32,34,38-39,76,80H,6-7,9,11-13,15,17-18,23-24,29-31,33,35-37,40-75H2,1-5H3/b10-8-,16-14-,21-19-,22-20-,27-25-,28-26-,34-32-,39-38-. The van der Waals surface area contributed by atoms with Crippen molar-refractivity contribution >= 4 is 17.9 Å². The van der Waals surface area contributed by atoms with E-state index in [4.69, 9.17) is 18.9 Å². The normalized spacial score (nSPS) is 13.2. The topological polar surface area (TPSA) is 111 Å². The van der Waals surface area contributed by atoms with Crippen LogP contribution >= 0.6 is 0 Å². The fourth-order valence-electron chi connectivity index (χ4n) is 10.6. The molecular formula is C80H141NO8. The molecule has 0 aliphatic rings. The van der Waals surface area contributed by atoms with Gasteiger partial charge >= 0.3 is 11.9 Å². The summed E-state index contributed by atoms with van der Waals surface area (Å²) in [6.45, 7) is 4.66. The van der Waals surface area contributed by atoms with E-state index in [1.165, 1.54) is 218 Å². The Morgan fingerprint density at radius 3 is 0.955 bits per heavy atom. The van der Waals surface area contributed by atoms with Crippen molar-refractivity contribution in [2.24, 2.45) is 0 Å². The highest BCUT2D eigenvalue weighted by molar-refractivity contribution is 5.70. The Kier molecular flexibility index (Phi) is 67.1. The van der Waals surface area contributed by atoms with Crippen LogP contribution in [0.15, 0.2) is 97.2 Å². The number of allylic oxidation sites excluding steroid dienone is 16. The number of carbonyl (C=O) groups is 3. The number of carboxylic acid groups (broad SMARTS) is 1. The molecule has 0 saturated heterocycles. The van der Waals surface area contributed by atoms with Gasteiger partial charge in [0.05, 0.1) is 40.3 Å². The molecule has 0 aliphatic carbocycles. The predicted octanol–water partition coefficient (Wildman–Crippen LogP) is 22.3. The predicted molar refractivity (Wildman–Crippen MR) is 380 cm³/mol. The quantitative estimate of drug-likeness (QED) is 0.0195. The first-order valence-corrected chi connectivity index (χ1v) is 37.4. The first-order valence-electron chi connectivity index (χ1n) is 37.4. The maximum atomic E-state index is 13.0. The SMILES string of the molecule is CC/C=C\C/C=C\C/C=C\C/C=C\C/C=C\C/C=C\CCCCCCCCCCCCCCCCC(=O)OC(COC(=O)CCCCCCCCCCCCCCCCCCCCC/C=C\C/C=C\CCCCCCC)COC(OCC[N+](C)(C)C)C(=O)[O-]. The fourth-order valence-corrected chi connectivity index (χ4v) is 10.6. The van der Waals surface area contributed by atoms with Crippen molar-refractivity contribution in [2.75, 3.05) is 47.5 Å². The van der Waals surface area contributed by atoms with Gasteiger partial charge in [-0.3, -0.25) is 9.59 Å². The number of quaternary nitrogens is 1. The van der Waals surface area contributed by atoms with Crippen molar-refractivity contribution < 1.29 is 42.9 Å². The van der Waals surface area contributed by atoms with Gasteiger partial charge in [-0.25, -0.2) is 0 Å². The second-order valence-electron chi connectivity index (χ2n) is 26.2. The van der Waals surface area contributed by atoms with Crippen LogP contribution in [-0.4, -0.2) is 82.3 Å². The molecule has 9 nitrogen and oxygen atoms in total. The lowest BCUT2D eigenvalue weighted by Crippen LogP contribution is -2.44. The molecule has 0 bridgehead atoms. The Bertz CT molecular complexity index is 1790. The Morgan fingerprint density at radius 2 is 0.640 bits per heavy atom. The van der Waals surface area contributed by atoms with Gasteiger partial charge in [0.2, 0.25) is 0 Å². The van der Waals surface area contributed by atoms with Crippen LogP contribution in [0.4, 0.5) is 0 Å². The summed E-state index contributed by atoms with van der Waals surface area (Å²) in [6.07, 6.45) is 93.6. The molecule has 0 aromatic carbocycles. The highest BCUT2D eigenvalue weighted by Crippen LogP contribution is 2.18. The summed E-state index contributed by atoms with van der Waals surface area (Å²) in [5.41, 5.74) is 0. The van der Waals surface area contributed by atoms with E-state index in [2.05, 4.69) is 111 Å². The molecule has 0 radical (unpaired) electrons. The van der Waals surface area contributed by atoms with Crippen molar-refractivity contribution in [3.63, 3.8) is 0 Å². The van der Waals surface area contributed by atoms with E-state index in [0.717, 1.165) is 83.5 Å². The van der Waals surface area contributed by atoms with E-state index in [1.54, 1.807) is 0 Å². The van der Waals surface area contributed by atoms with Crippen molar-refractivity contribution in [3.05, 3.63) is 97.2 Å². The van der Waals surface area contributed by atoms with E-state index < -0.39 is 24.3 Å². The van der Waals surface area contributed by atoms with Gasteiger partial charge in [0.1, 0.15) is 13.2 Å². The van der Waals surface area contributed by atoms with E-state index in [9.17, 15) is 19.5 Å². The van der Waals surface area contributed by atoms with Crippen LogP contribution in [0, 0.1) is 0 Å². The van der Waals surface area contributed by atoms with E-state index in [-0.39, 0.29) is 32.2 Å². The first-order chi connectivity index (χ1) is 43.6. The minimum Gasteiger partial charge on any atom is -0.545 e. The molecule has 9 heteroatoms. The smallest absolute Gasteiger partial charge is 0.306 e. The van der Waals surface area contributed by atoms with Crippen molar-refractivity contribution in [1.82, 2.24) is 0 Å². The van der Waals surface area contributed by atoms with Gasteiger partial charge in [-0.2, -0.15) is 0 Å². The Labute approximate surface area is 550 Å². The second-order valence-corrected chi connectivity index (χ2v) is 26.2. The van der Waals surface area contributed by atoms with Gasteiger partial charge in [-0.15, -0.1) is 0 Å². The molecular weight excluding hydrogens is 1100 g/mol. The lowest BCUT2D eigenvalue weighted by molar-refractivity contribution is -0.870. The molecule has 514 valence electrons. The molecule has 2 unspecified atom stereocenters. The van der Waals surface area contributed by atoms with E-state index >= 15 is 0 Å². The van der Waals surface area contributed by atoms with Crippen LogP contribution in [0.5, 0.6) is 0 Å². The Hall–Kier alpha value is -3.79. The lowest BCUT2D eigenvalue weighted by atomic mass is 10.0. The molecule has 0 aromatic rings. The molecule has 2 atom stereocenters. The summed E-state index contributed by atoms with van der Waals surface area (Å²) < 4.78 is 22.8. The van der Waals surface area contributed by atoms with Crippen LogP contribution in [0.25, 0.3) is 0 Å². The number of carbonyl (C=O) groups excluding carboxylic acids is 3. The molecule has 0 N–H and O–H groups in total. The van der Waals surface area contributed by atoms with Crippen molar-refractivity contribution in [2.45, 2.75) is 347 Å². The summed E-state index contributed by atoms with van der Waals surface area (Å²) in [5, 5.41) is 11.8. The van der Waals surface area contributed by atoms with Crippen LogP contribution in [0.1, 0.15) is 335 Å². The zero-order valence-corrected chi connectivity index (χ0v) is 58.8. The summed E-state index contributed by atoms with van der Waals surface area (Å²) >= 11 is 0. The van der Waals surface area contributed by atoms with Crippen LogP contribution < -0.4 is 5.11 Å². The Morgan fingerprint density at radius 1 is 0.348 bits per heavy atom. The summed E-state index contributed by atoms with van der Waals surface area (Å²) in [6, 6.07) is 0. The Balaban J connectivity index is 4.07. The molecule has 0 amide bonds. The van der Waals surface area contributed by atoms with Gasteiger partial charge in [-0.05, 0) is 96.3 Å². The minimum atomic E-state index is -1.63. The van der Waals surface area contributed by atoms with Gasteiger partial charge in [0, 0.05) is 12.8 Å². The maximum Gasteiger partial charge on any atom is 0.306 e. The maximum absolute atomic E-state index is 13.0. The molecule has 0 aliphatic heterocycles. The van der Waals surface area contributed by atoms with Gasteiger partial charge < -0.3 is 33.3 Å². The number of nitrogens with zero attached hydrogens (tertiary/aromatic N) is 1. The number of aliphatic carboxylic acids is 1. The zero-order chi connectivity index (χ0) is 64.7. The lowest BCUT2D eigenvalue weighted by Gasteiger charge is -2.26. The van der Waals surface area contributed by atoms with Crippen LogP contribution in [-0.2, 0) is 33.3 Å². The van der Waals surface area contributed by atoms with Crippen molar-refractivity contribution in [1.29, 1.82) is 0 Å². The number of ether oxygens (including phenoxy) is 4. The van der Waals surface area contributed by atoms with Crippen LogP contribution in [0.2, 0.25) is 0 Å². The summed E-state index contributed by atoms with van der Waals surface area (Å²) in [7, 11) is 5.94. The molecule has 0 fully saturated rings. The van der Waals surface area contributed by atoms with E-state index in [1.807, 2.05) is 21.1 Å². The first kappa shape index (κ1) is 85.2. The summed E-state index contributed by atoms with van der Waals surface area (Å²) in [5.74, 6) is -2.27. The molecule has 0 heterocycles. The molecule has 0 aromatic heterocycles. The summed E-state index contributed by atoms with van der Waals surface area (Å²) in [4.78, 5) is 37.6. The van der Waals surface area contributed by atoms with Gasteiger partial charge in [0.25, 0.3) is 0 Å². The molecule has 0 saturated carbocycles. The fraction of sp³-hybridized carbons (Fsp3) is 0.762. The van der Waals surface area contributed by atoms with E-state index in [0.29, 0.717) is 23.9 Å². The number of carboxylic acids is 1. The number of rotatable bonds is 69. The average molecular weight is 1250 g/mol. The van der Waals surface area contributed by atoms with Crippen LogP contribution in [0.3, 0.4) is 0 Å². The number of hydrogen-bond donors (Lipinski definition) is 0. The van der Waals surface area contributed by atoms with Gasteiger partial charge in [-0.1, -0.05) is 323 Å². The highest BCUT2D eigenvalue weighted by atomic mass is 16.7. The highest BCUT2D eigenvalue weighted by Gasteiger charge is 2.22. The second kappa shape index (κ2) is 70.1. The third kappa shape index (κ3) is 71.5.